The first-order valence-corrected chi connectivity index (χ1v) is 8.64. The molecule has 26 heavy (non-hydrogen) atoms. The van der Waals surface area contributed by atoms with Crippen LogP contribution in [0.4, 0.5) is 0 Å². The number of ether oxygens (including phenoxy) is 1. The number of aromatic hydroxyl groups is 1. The molecular formula is C22H20N2O2. The van der Waals surface area contributed by atoms with Crippen LogP contribution in [0, 0.1) is 0 Å². The van der Waals surface area contributed by atoms with Crippen LogP contribution in [0.2, 0.25) is 0 Å². The summed E-state index contributed by atoms with van der Waals surface area (Å²) in [5.41, 5.74) is 5.11. The van der Waals surface area contributed by atoms with Crippen LogP contribution in [0.3, 0.4) is 0 Å². The van der Waals surface area contributed by atoms with Crippen LogP contribution < -0.4 is 4.74 Å². The summed E-state index contributed by atoms with van der Waals surface area (Å²) >= 11 is 0. The molecule has 4 aromatic rings. The molecule has 0 spiro atoms. The summed E-state index contributed by atoms with van der Waals surface area (Å²) in [4.78, 5) is 4.51. The second kappa shape index (κ2) is 6.56. The minimum Gasteiger partial charge on any atom is -0.508 e. The van der Waals surface area contributed by atoms with Gasteiger partial charge in [0, 0.05) is 11.8 Å². The Hall–Kier alpha value is -3.27. The molecule has 0 atom stereocenters. The minimum atomic E-state index is 0.157. The van der Waals surface area contributed by atoms with E-state index in [-0.39, 0.29) is 11.9 Å². The van der Waals surface area contributed by atoms with Gasteiger partial charge in [0.2, 0.25) is 0 Å². The molecule has 0 radical (unpaired) electrons. The van der Waals surface area contributed by atoms with Gasteiger partial charge in [0.05, 0.1) is 18.0 Å². The normalized spacial score (nSPS) is 11.2. The molecular weight excluding hydrogens is 324 g/mol. The van der Waals surface area contributed by atoms with Gasteiger partial charge in [-0.15, -0.1) is 0 Å². The Kier molecular flexibility index (Phi) is 4.09. The predicted octanol–water partition coefficient (Wildman–Crippen LogP) is 5.16. The highest BCUT2D eigenvalue weighted by atomic mass is 16.5. The molecule has 0 unspecified atom stereocenters. The van der Waals surface area contributed by atoms with Gasteiger partial charge in [0.25, 0.3) is 0 Å². The zero-order valence-electron chi connectivity index (χ0n) is 14.8. The van der Waals surface area contributed by atoms with Gasteiger partial charge in [-0.3, -0.25) is 4.40 Å². The first kappa shape index (κ1) is 16.2. The van der Waals surface area contributed by atoms with Gasteiger partial charge in [-0.25, -0.2) is 4.98 Å². The standard InChI is InChI=1S/C22H20N2O2/c1-15(2)26-20-10-5-17(6-11-20)21-13-23-22-12-7-18(14-24(21)22)16-3-8-19(25)9-4-16/h3-15,25H,1-2H3. The summed E-state index contributed by atoms with van der Waals surface area (Å²) in [6, 6.07) is 19.3. The zero-order valence-corrected chi connectivity index (χ0v) is 14.8. The Morgan fingerprint density at radius 3 is 2.19 bits per heavy atom. The van der Waals surface area contributed by atoms with Crippen LogP contribution in [0.25, 0.3) is 28.0 Å². The van der Waals surface area contributed by atoms with Crippen molar-refractivity contribution in [1.82, 2.24) is 9.38 Å². The number of hydrogen-bond donors (Lipinski definition) is 1. The van der Waals surface area contributed by atoms with E-state index in [4.69, 9.17) is 4.74 Å². The Balaban J connectivity index is 1.73. The van der Waals surface area contributed by atoms with E-state index in [1.165, 1.54) is 0 Å². The number of pyridine rings is 1. The highest BCUT2D eigenvalue weighted by Gasteiger charge is 2.08. The van der Waals surface area contributed by atoms with Gasteiger partial charge in [0.15, 0.2) is 0 Å². The maximum Gasteiger partial charge on any atom is 0.137 e. The lowest BCUT2D eigenvalue weighted by molar-refractivity contribution is 0.242. The molecule has 2 aromatic carbocycles. The van der Waals surface area contributed by atoms with Gasteiger partial charge in [-0.05, 0) is 73.5 Å². The van der Waals surface area contributed by atoms with Gasteiger partial charge in [0.1, 0.15) is 17.1 Å². The number of aromatic nitrogens is 2. The van der Waals surface area contributed by atoms with Crippen LogP contribution in [-0.2, 0) is 0 Å². The van der Waals surface area contributed by atoms with Crippen molar-refractivity contribution in [1.29, 1.82) is 0 Å². The smallest absolute Gasteiger partial charge is 0.137 e. The summed E-state index contributed by atoms with van der Waals surface area (Å²) < 4.78 is 7.80. The first-order chi connectivity index (χ1) is 12.6. The Labute approximate surface area is 152 Å². The van der Waals surface area contributed by atoms with E-state index in [0.29, 0.717) is 0 Å². The minimum absolute atomic E-state index is 0.157. The van der Waals surface area contributed by atoms with E-state index in [1.54, 1.807) is 12.1 Å². The molecule has 0 fully saturated rings. The molecule has 0 saturated heterocycles. The fraction of sp³-hybridized carbons (Fsp3) is 0.136. The van der Waals surface area contributed by atoms with E-state index >= 15 is 0 Å². The number of benzene rings is 2. The maximum atomic E-state index is 9.49. The highest BCUT2D eigenvalue weighted by Crippen LogP contribution is 2.27. The highest BCUT2D eigenvalue weighted by molar-refractivity contribution is 5.69. The number of nitrogens with zero attached hydrogens (tertiary/aromatic N) is 2. The SMILES string of the molecule is CC(C)Oc1ccc(-c2cnc3ccc(-c4ccc(O)cc4)cn23)cc1. The van der Waals surface area contributed by atoms with E-state index in [9.17, 15) is 5.11 Å². The average Bonchev–Trinajstić information content (AvgIpc) is 3.06. The number of hydrogen-bond acceptors (Lipinski definition) is 3. The molecule has 2 heterocycles. The Bertz CT molecular complexity index is 1030. The zero-order chi connectivity index (χ0) is 18.1. The van der Waals surface area contributed by atoms with E-state index in [2.05, 4.69) is 15.6 Å². The van der Waals surface area contributed by atoms with Crippen molar-refractivity contribution in [2.45, 2.75) is 20.0 Å². The molecule has 1 N–H and O–H groups in total. The molecule has 2 aromatic heterocycles. The van der Waals surface area contributed by atoms with Gasteiger partial charge >= 0.3 is 0 Å². The number of phenols is 1. The summed E-state index contributed by atoms with van der Waals surface area (Å²) in [6.45, 7) is 4.03. The lowest BCUT2D eigenvalue weighted by Gasteiger charge is -2.10. The number of rotatable bonds is 4. The second-order valence-corrected chi connectivity index (χ2v) is 6.53. The summed E-state index contributed by atoms with van der Waals surface area (Å²) in [7, 11) is 0. The average molecular weight is 344 g/mol. The molecule has 0 bridgehead atoms. The lowest BCUT2D eigenvalue weighted by Crippen LogP contribution is -2.05. The maximum absolute atomic E-state index is 9.49. The Morgan fingerprint density at radius 1 is 0.846 bits per heavy atom. The van der Waals surface area contributed by atoms with Crippen molar-refractivity contribution in [2.75, 3.05) is 0 Å². The lowest BCUT2D eigenvalue weighted by atomic mass is 10.1. The predicted molar refractivity (Wildman–Crippen MR) is 103 cm³/mol. The first-order valence-electron chi connectivity index (χ1n) is 8.64. The van der Waals surface area contributed by atoms with E-state index in [1.807, 2.05) is 68.6 Å². The van der Waals surface area contributed by atoms with Crippen LogP contribution >= 0.6 is 0 Å². The molecule has 0 amide bonds. The molecule has 4 nitrogen and oxygen atoms in total. The van der Waals surface area contributed by atoms with Crippen molar-refractivity contribution >= 4 is 5.65 Å². The molecule has 4 heteroatoms. The van der Waals surface area contributed by atoms with Crippen LogP contribution in [0.15, 0.2) is 73.1 Å². The molecule has 0 aliphatic heterocycles. The van der Waals surface area contributed by atoms with Gasteiger partial charge < -0.3 is 9.84 Å². The van der Waals surface area contributed by atoms with Crippen molar-refractivity contribution < 1.29 is 9.84 Å². The second-order valence-electron chi connectivity index (χ2n) is 6.53. The third-order valence-electron chi connectivity index (χ3n) is 4.23. The third-order valence-corrected chi connectivity index (χ3v) is 4.23. The molecule has 0 saturated carbocycles. The largest absolute Gasteiger partial charge is 0.508 e. The van der Waals surface area contributed by atoms with Gasteiger partial charge in [-0.1, -0.05) is 12.1 Å². The third kappa shape index (κ3) is 3.14. The van der Waals surface area contributed by atoms with E-state index in [0.717, 1.165) is 33.8 Å². The topological polar surface area (TPSA) is 46.8 Å². The number of fused-ring (bicyclic) bond motifs is 1. The molecule has 0 aliphatic carbocycles. The summed E-state index contributed by atoms with van der Waals surface area (Å²) in [6.07, 6.45) is 4.11. The number of phenolic OH excluding ortho intramolecular Hbond substituents is 1. The fourth-order valence-electron chi connectivity index (χ4n) is 3.00. The molecule has 4 rings (SSSR count). The van der Waals surface area contributed by atoms with E-state index < -0.39 is 0 Å². The van der Waals surface area contributed by atoms with Crippen LogP contribution in [0.5, 0.6) is 11.5 Å². The molecule has 0 aliphatic rings. The van der Waals surface area contributed by atoms with Crippen molar-refractivity contribution in [3.63, 3.8) is 0 Å². The van der Waals surface area contributed by atoms with Crippen molar-refractivity contribution in [3.8, 4) is 33.9 Å². The van der Waals surface area contributed by atoms with Gasteiger partial charge in [-0.2, -0.15) is 0 Å². The monoisotopic (exact) mass is 344 g/mol. The van der Waals surface area contributed by atoms with Crippen molar-refractivity contribution in [2.24, 2.45) is 0 Å². The quantitative estimate of drug-likeness (QED) is 0.556. The number of imidazole rings is 1. The van der Waals surface area contributed by atoms with Crippen LogP contribution in [-0.4, -0.2) is 20.6 Å². The fourth-order valence-corrected chi connectivity index (χ4v) is 3.00. The molecule has 130 valence electrons. The van der Waals surface area contributed by atoms with Crippen LogP contribution in [0.1, 0.15) is 13.8 Å². The summed E-state index contributed by atoms with van der Waals surface area (Å²) in [5.74, 6) is 1.13. The Morgan fingerprint density at radius 2 is 1.50 bits per heavy atom. The van der Waals surface area contributed by atoms with Crippen molar-refractivity contribution in [3.05, 3.63) is 73.1 Å². The summed E-state index contributed by atoms with van der Waals surface area (Å²) in [5, 5.41) is 9.49.